The fourth-order valence-corrected chi connectivity index (χ4v) is 3.46. The lowest BCUT2D eigenvalue weighted by Crippen LogP contribution is -2.58. The number of nitrogens with two attached hydrogens (primary N) is 1. The van der Waals surface area contributed by atoms with Crippen molar-refractivity contribution in [2.75, 3.05) is 19.6 Å². The van der Waals surface area contributed by atoms with Crippen molar-refractivity contribution in [3.8, 4) is 0 Å². The van der Waals surface area contributed by atoms with Gasteiger partial charge in [0.15, 0.2) is 0 Å². The third-order valence-electron chi connectivity index (χ3n) is 4.35. The van der Waals surface area contributed by atoms with Gasteiger partial charge < -0.3 is 21.3 Å². The van der Waals surface area contributed by atoms with Gasteiger partial charge in [-0.25, -0.2) is 0 Å². The molecular weight excluding hydrogens is 284 g/mol. The number of hydrogen-bond donors (Lipinski definition) is 3. The Balaban J connectivity index is 2.12. The molecule has 3 amide bonds. The molecule has 0 aromatic rings. The summed E-state index contributed by atoms with van der Waals surface area (Å²) in [5.41, 5.74) is 4.30. The van der Waals surface area contributed by atoms with Crippen molar-refractivity contribution in [2.24, 2.45) is 11.7 Å². The van der Waals surface area contributed by atoms with E-state index in [0.717, 1.165) is 19.4 Å². The predicted octanol–water partition coefficient (Wildman–Crippen LogP) is -0.643. The second kappa shape index (κ2) is 6.64. The molecule has 0 bridgehead atoms. The largest absolute Gasteiger partial charge is 0.368 e. The maximum Gasteiger partial charge on any atom is 0.248 e. The third kappa shape index (κ3) is 3.58. The molecule has 2 atom stereocenters. The Hall–Kier alpha value is -1.63. The van der Waals surface area contributed by atoms with E-state index in [1.165, 1.54) is 4.90 Å². The number of carbonyl (C=O) groups is 3. The van der Waals surface area contributed by atoms with Crippen molar-refractivity contribution in [2.45, 2.75) is 51.1 Å². The van der Waals surface area contributed by atoms with Crippen LogP contribution in [0.3, 0.4) is 0 Å². The average Bonchev–Trinajstić information content (AvgIpc) is 3.02. The first-order valence-corrected chi connectivity index (χ1v) is 7.97. The van der Waals surface area contributed by atoms with Crippen LogP contribution in [-0.2, 0) is 14.4 Å². The third-order valence-corrected chi connectivity index (χ3v) is 4.35. The van der Waals surface area contributed by atoms with E-state index >= 15 is 0 Å². The highest BCUT2D eigenvalue weighted by atomic mass is 16.2. The number of hydrogen-bond acceptors (Lipinski definition) is 4. The summed E-state index contributed by atoms with van der Waals surface area (Å²) in [5.74, 6) is -0.578. The first-order chi connectivity index (χ1) is 10.3. The van der Waals surface area contributed by atoms with Gasteiger partial charge in [0, 0.05) is 6.54 Å². The van der Waals surface area contributed by atoms with Gasteiger partial charge in [-0.05, 0) is 38.1 Å². The number of primary amides is 1. The predicted molar refractivity (Wildman–Crippen MR) is 81.7 cm³/mol. The minimum atomic E-state index is -0.898. The second-order valence-electron chi connectivity index (χ2n) is 6.76. The molecule has 2 aliphatic rings. The average molecular weight is 310 g/mol. The van der Waals surface area contributed by atoms with E-state index in [9.17, 15) is 14.4 Å². The minimum absolute atomic E-state index is 0.0871. The molecular formula is C15H26N4O3. The van der Waals surface area contributed by atoms with Crippen molar-refractivity contribution in [3.63, 3.8) is 0 Å². The topological polar surface area (TPSA) is 105 Å². The summed E-state index contributed by atoms with van der Waals surface area (Å²) >= 11 is 0. The van der Waals surface area contributed by atoms with Gasteiger partial charge in [0.1, 0.15) is 5.54 Å². The Bertz CT molecular complexity index is 460. The molecule has 2 aliphatic heterocycles. The van der Waals surface area contributed by atoms with Crippen LogP contribution in [0.25, 0.3) is 0 Å². The van der Waals surface area contributed by atoms with Crippen LogP contribution in [0.4, 0.5) is 0 Å². The highest BCUT2D eigenvalue weighted by Gasteiger charge is 2.48. The molecule has 4 N–H and O–H groups in total. The second-order valence-corrected chi connectivity index (χ2v) is 6.76. The lowest BCUT2D eigenvalue weighted by atomic mass is 9.87. The molecule has 7 heteroatoms. The van der Waals surface area contributed by atoms with E-state index in [4.69, 9.17) is 5.73 Å². The Morgan fingerprint density at radius 1 is 1.50 bits per heavy atom. The Kier molecular flexibility index (Phi) is 5.05. The summed E-state index contributed by atoms with van der Waals surface area (Å²) in [4.78, 5) is 37.7. The molecule has 0 saturated carbocycles. The van der Waals surface area contributed by atoms with Gasteiger partial charge in [0.05, 0.1) is 12.6 Å². The van der Waals surface area contributed by atoms with Crippen LogP contribution >= 0.6 is 0 Å². The first-order valence-electron chi connectivity index (χ1n) is 7.97. The quantitative estimate of drug-likeness (QED) is 0.607. The van der Waals surface area contributed by atoms with Crippen molar-refractivity contribution in [1.82, 2.24) is 15.5 Å². The Labute approximate surface area is 131 Å². The van der Waals surface area contributed by atoms with Crippen LogP contribution in [0.15, 0.2) is 0 Å². The van der Waals surface area contributed by atoms with Crippen LogP contribution in [0, 0.1) is 5.92 Å². The highest BCUT2D eigenvalue weighted by molar-refractivity contribution is 5.96. The van der Waals surface area contributed by atoms with E-state index < -0.39 is 11.4 Å². The molecule has 2 fully saturated rings. The SMILES string of the molecule is CC(C)C[C@@]1(NC(=O)[C@@H]2CCCN2)CCN(CC(N)=O)C1=O. The smallest absolute Gasteiger partial charge is 0.248 e. The first kappa shape index (κ1) is 16.7. The van der Waals surface area contributed by atoms with Crippen LogP contribution in [-0.4, -0.2) is 53.8 Å². The van der Waals surface area contributed by atoms with Crippen LogP contribution in [0.5, 0.6) is 0 Å². The molecule has 0 aliphatic carbocycles. The number of nitrogens with zero attached hydrogens (tertiary/aromatic N) is 1. The summed E-state index contributed by atoms with van der Waals surface area (Å²) in [5, 5.41) is 6.12. The lowest BCUT2D eigenvalue weighted by Gasteiger charge is -2.31. The highest BCUT2D eigenvalue weighted by Crippen LogP contribution is 2.30. The molecule has 22 heavy (non-hydrogen) atoms. The molecule has 2 rings (SSSR count). The summed E-state index contributed by atoms with van der Waals surface area (Å²) in [6.45, 7) is 5.23. The molecule has 0 spiro atoms. The van der Waals surface area contributed by atoms with Crippen LogP contribution in [0.2, 0.25) is 0 Å². The van der Waals surface area contributed by atoms with Gasteiger partial charge in [-0.2, -0.15) is 0 Å². The molecule has 2 saturated heterocycles. The van der Waals surface area contributed by atoms with Gasteiger partial charge in [-0.3, -0.25) is 14.4 Å². The fraction of sp³-hybridized carbons (Fsp3) is 0.800. The van der Waals surface area contributed by atoms with E-state index in [2.05, 4.69) is 10.6 Å². The molecule has 0 radical (unpaired) electrons. The molecule has 7 nitrogen and oxygen atoms in total. The summed E-state index contributed by atoms with van der Waals surface area (Å²) < 4.78 is 0. The molecule has 2 heterocycles. The van der Waals surface area contributed by atoms with Crippen LogP contribution < -0.4 is 16.4 Å². The van der Waals surface area contributed by atoms with Crippen molar-refractivity contribution in [3.05, 3.63) is 0 Å². The molecule has 0 aromatic carbocycles. The Morgan fingerprint density at radius 2 is 2.23 bits per heavy atom. The normalized spacial score (nSPS) is 28.4. The van der Waals surface area contributed by atoms with E-state index in [0.29, 0.717) is 19.4 Å². The van der Waals surface area contributed by atoms with E-state index in [1.54, 1.807) is 0 Å². The van der Waals surface area contributed by atoms with E-state index in [1.807, 2.05) is 13.8 Å². The zero-order valence-corrected chi connectivity index (χ0v) is 13.4. The fourth-order valence-electron chi connectivity index (χ4n) is 3.46. The summed E-state index contributed by atoms with van der Waals surface area (Å²) in [6, 6.07) is -0.220. The van der Waals surface area contributed by atoms with Crippen molar-refractivity contribution >= 4 is 17.7 Å². The van der Waals surface area contributed by atoms with Gasteiger partial charge >= 0.3 is 0 Å². The van der Waals surface area contributed by atoms with Crippen LogP contribution in [0.1, 0.15) is 39.5 Å². The molecule has 124 valence electrons. The molecule has 0 aromatic heterocycles. The van der Waals surface area contributed by atoms with Gasteiger partial charge in [0.2, 0.25) is 17.7 Å². The number of nitrogens with one attached hydrogen (secondary N) is 2. The molecule has 0 unspecified atom stereocenters. The zero-order chi connectivity index (χ0) is 16.3. The monoisotopic (exact) mass is 310 g/mol. The number of carbonyl (C=O) groups excluding carboxylic acids is 3. The summed E-state index contributed by atoms with van der Waals surface area (Å²) in [7, 11) is 0. The maximum absolute atomic E-state index is 12.7. The van der Waals surface area contributed by atoms with Crippen molar-refractivity contribution in [1.29, 1.82) is 0 Å². The van der Waals surface area contributed by atoms with E-state index in [-0.39, 0.29) is 30.3 Å². The number of rotatable bonds is 6. The number of amides is 3. The Morgan fingerprint density at radius 3 is 2.77 bits per heavy atom. The standard InChI is InChI=1S/C15H26N4O3/c1-10(2)8-15(18-13(21)11-4-3-6-17-11)5-7-19(14(15)22)9-12(16)20/h10-11,17H,3-9H2,1-2H3,(H2,16,20)(H,18,21)/t11-,15-/m0/s1. The van der Waals surface area contributed by atoms with Gasteiger partial charge in [0.25, 0.3) is 0 Å². The van der Waals surface area contributed by atoms with Gasteiger partial charge in [-0.1, -0.05) is 13.8 Å². The zero-order valence-electron chi connectivity index (χ0n) is 13.4. The maximum atomic E-state index is 12.7. The minimum Gasteiger partial charge on any atom is -0.368 e. The lowest BCUT2D eigenvalue weighted by molar-refractivity contribution is -0.139. The van der Waals surface area contributed by atoms with Gasteiger partial charge in [-0.15, -0.1) is 0 Å². The summed E-state index contributed by atoms with van der Waals surface area (Å²) in [6.07, 6.45) is 2.86. The number of likely N-dealkylation sites (tertiary alicyclic amines) is 1. The van der Waals surface area contributed by atoms with Crippen molar-refractivity contribution < 1.29 is 14.4 Å².